The zero-order valence-electron chi connectivity index (χ0n) is 17.1. The van der Waals surface area contributed by atoms with E-state index in [1.807, 2.05) is 67.8 Å². The highest BCUT2D eigenvalue weighted by atomic mass is 32.1. The molecule has 0 radical (unpaired) electrons. The Morgan fingerprint density at radius 1 is 1.10 bits per heavy atom. The lowest BCUT2D eigenvalue weighted by atomic mass is 10.0. The zero-order valence-corrected chi connectivity index (χ0v) is 17.9. The topological polar surface area (TPSA) is 81.2 Å². The number of hydrogen-bond acceptors (Lipinski definition) is 6. The maximum atomic E-state index is 12.6. The monoisotopic (exact) mass is 423 g/mol. The number of pyridine rings is 1. The van der Waals surface area contributed by atoms with E-state index in [-0.39, 0.29) is 24.9 Å². The van der Waals surface area contributed by atoms with Crippen LogP contribution in [0.15, 0.2) is 60.1 Å². The molecule has 3 aromatic rings. The number of carbonyl (C=O) groups is 2. The Bertz CT molecular complexity index is 958. The molecule has 0 saturated carbocycles. The van der Waals surface area contributed by atoms with E-state index in [1.165, 1.54) is 11.3 Å². The summed E-state index contributed by atoms with van der Waals surface area (Å²) >= 11 is 1.44. The number of amides is 1. The molecule has 2 heterocycles. The van der Waals surface area contributed by atoms with Crippen LogP contribution >= 0.6 is 11.3 Å². The summed E-state index contributed by atoms with van der Waals surface area (Å²) in [5.74, 6) is -0.446. The standard InChI is InChI=1S/C23H25N3O3S/c1-16(2)12-20(23(28)29-14-17-8-4-3-5-9-17)26-21(27)13-18-15-30-22(25-18)19-10-6-7-11-24-19/h3-11,15-16,20H,12-14H2,1-2H3,(H,26,27)/t20-/m0/s1. The molecule has 30 heavy (non-hydrogen) atoms. The molecule has 1 amide bonds. The van der Waals surface area contributed by atoms with E-state index >= 15 is 0 Å². The Morgan fingerprint density at radius 3 is 2.57 bits per heavy atom. The lowest BCUT2D eigenvalue weighted by molar-refractivity contribution is -0.149. The van der Waals surface area contributed by atoms with E-state index < -0.39 is 12.0 Å². The van der Waals surface area contributed by atoms with E-state index in [0.717, 1.165) is 16.3 Å². The van der Waals surface area contributed by atoms with Crippen molar-refractivity contribution in [3.05, 3.63) is 71.4 Å². The van der Waals surface area contributed by atoms with Crippen molar-refractivity contribution >= 4 is 23.2 Å². The molecule has 0 aliphatic heterocycles. The van der Waals surface area contributed by atoms with Gasteiger partial charge in [0.2, 0.25) is 5.91 Å². The van der Waals surface area contributed by atoms with Crippen LogP contribution in [0.5, 0.6) is 0 Å². The van der Waals surface area contributed by atoms with Crippen molar-refractivity contribution in [1.29, 1.82) is 0 Å². The van der Waals surface area contributed by atoms with E-state index in [9.17, 15) is 9.59 Å². The Labute approximate surface area is 180 Å². The quantitative estimate of drug-likeness (QED) is 0.526. The summed E-state index contributed by atoms with van der Waals surface area (Å²) in [6.07, 6.45) is 2.32. The third-order valence-electron chi connectivity index (χ3n) is 4.33. The van der Waals surface area contributed by atoms with E-state index in [2.05, 4.69) is 15.3 Å². The highest BCUT2D eigenvalue weighted by Crippen LogP contribution is 2.21. The maximum absolute atomic E-state index is 12.6. The van der Waals surface area contributed by atoms with Crippen molar-refractivity contribution in [3.8, 4) is 10.7 Å². The van der Waals surface area contributed by atoms with E-state index in [1.54, 1.807) is 6.20 Å². The predicted molar refractivity (Wildman–Crippen MR) is 117 cm³/mol. The number of nitrogens with zero attached hydrogens (tertiary/aromatic N) is 2. The largest absolute Gasteiger partial charge is 0.459 e. The second-order valence-corrected chi connectivity index (χ2v) is 8.24. The first-order valence-electron chi connectivity index (χ1n) is 9.87. The van der Waals surface area contributed by atoms with Crippen LogP contribution in [0, 0.1) is 5.92 Å². The molecule has 0 saturated heterocycles. The van der Waals surface area contributed by atoms with Crippen LogP contribution in [-0.4, -0.2) is 27.9 Å². The SMILES string of the molecule is CC(C)C[C@H](NC(=O)Cc1csc(-c2ccccn2)n1)C(=O)OCc1ccccc1. The summed E-state index contributed by atoms with van der Waals surface area (Å²) in [4.78, 5) is 33.9. The van der Waals surface area contributed by atoms with Gasteiger partial charge in [-0.05, 0) is 30.0 Å². The Kier molecular flexibility index (Phi) is 7.68. The summed E-state index contributed by atoms with van der Waals surface area (Å²) in [5.41, 5.74) is 2.33. The zero-order chi connectivity index (χ0) is 21.3. The molecule has 6 nitrogen and oxygen atoms in total. The van der Waals surface area contributed by atoms with Crippen molar-refractivity contribution in [2.75, 3.05) is 0 Å². The Balaban J connectivity index is 1.58. The lowest BCUT2D eigenvalue weighted by Crippen LogP contribution is -2.43. The number of esters is 1. The second kappa shape index (κ2) is 10.6. The molecule has 1 aromatic carbocycles. The van der Waals surface area contributed by atoms with Gasteiger partial charge in [-0.2, -0.15) is 0 Å². The molecule has 3 rings (SSSR count). The molecular weight excluding hydrogens is 398 g/mol. The van der Waals surface area contributed by atoms with Crippen LogP contribution in [0.3, 0.4) is 0 Å². The number of aromatic nitrogens is 2. The number of nitrogens with one attached hydrogen (secondary N) is 1. The molecule has 2 aromatic heterocycles. The molecule has 1 atom stereocenters. The Morgan fingerprint density at radius 2 is 1.87 bits per heavy atom. The van der Waals surface area contributed by atoms with E-state index in [0.29, 0.717) is 12.1 Å². The molecule has 7 heteroatoms. The van der Waals surface area contributed by atoms with Gasteiger partial charge in [0.1, 0.15) is 17.7 Å². The first-order chi connectivity index (χ1) is 14.5. The van der Waals surface area contributed by atoms with Crippen molar-refractivity contribution < 1.29 is 14.3 Å². The van der Waals surface area contributed by atoms with Gasteiger partial charge < -0.3 is 10.1 Å². The van der Waals surface area contributed by atoms with Gasteiger partial charge in [0.15, 0.2) is 0 Å². The van der Waals surface area contributed by atoms with Crippen LogP contribution < -0.4 is 5.32 Å². The van der Waals surface area contributed by atoms with Gasteiger partial charge in [0, 0.05) is 11.6 Å². The summed E-state index contributed by atoms with van der Waals surface area (Å²) in [5, 5.41) is 5.42. The fourth-order valence-electron chi connectivity index (χ4n) is 2.92. The molecule has 0 bridgehead atoms. The Hall–Kier alpha value is -3.06. The van der Waals surface area contributed by atoms with Crippen molar-refractivity contribution in [3.63, 3.8) is 0 Å². The third-order valence-corrected chi connectivity index (χ3v) is 5.24. The van der Waals surface area contributed by atoms with Gasteiger partial charge in [-0.25, -0.2) is 9.78 Å². The summed E-state index contributed by atoms with van der Waals surface area (Å²) < 4.78 is 5.43. The average molecular weight is 424 g/mol. The first kappa shape index (κ1) is 21.6. The van der Waals surface area contributed by atoms with Crippen LogP contribution in [0.25, 0.3) is 10.7 Å². The fourth-order valence-corrected chi connectivity index (χ4v) is 3.71. The molecule has 0 aliphatic rings. The molecule has 0 unspecified atom stereocenters. The van der Waals surface area contributed by atoms with Crippen LogP contribution in [-0.2, 0) is 27.4 Å². The first-order valence-corrected chi connectivity index (χ1v) is 10.7. The number of rotatable bonds is 9. The van der Waals surface area contributed by atoms with Crippen molar-refractivity contribution in [2.45, 2.75) is 39.3 Å². The minimum absolute atomic E-state index is 0.101. The molecule has 156 valence electrons. The van der Waals surface area contributed by atoms with Crippen LogP contribution in [0.1, 0.15) is 31.5 Å². The molecule has 0 fully saturated rings. The highest BCUT2D eigenvalue weighted by Gasteiger charge is 2.24. The molecular formula is C23H25N3O3S. The van der Waals surface area contributed by atoms with Crippen LogP contribution in [0.2, 0.25) is 0 Å². The second-order valence-electron chi connectivity index (χ2n) is 7.38. The summed E-state index contributed by atoms with van der Waals surface area (Å²) in [6, 6.07) is 14.4. The van der Waals surface area contributed by atoms with Gasteiger partial charge in [-0.3, -0.25) is 9.78 Å². The number of thiazole rings is 1. The minimum atomic E-state index is -0.685. The van der Waals surface area contributed by atoms with Gasteiger partial charge >= 0.3 is 5.97 Å². The lowest BCUT2D eigenvalue weighted by Gasteiger charge is -2.19. The van der Waals surface area contributed by atoms with Gasteiger partial charge in [0.05, 0.1) is 17.8 Å². The van der Waals surface area contributed by atoms with Gasteiger partial charge in [-0.1, -0.05) is 50.2 Å². The number of ether oxygens (including phenoxy) is 1. The average Bonchev–Trinajstić information content (AvgIpc) is 3.21. The van der Waals surface area contributed by atoms with E-state index in [4.69, 9.17) is 4.74 Å². The van der Waals surface area contributed by atoms with Crippen LogP contribution in [0.4, 0.5) is 0 Å². The summed E-state index contributed by atoms with van der Waals surface area (Å²) in [6.45, 7) is 4.19. The van der Waals surface area contributed by atoms with Gasteiger partial charge in [-0.15, -0.1) is 11.3 Å². The maximum Gasteiger partial charge on any atom is 0.328 e. The molecule has 1 N–H and O–H groups in total. The number of carbonyl (C=O) groups excluding carboxylic acids is 2. The minimum Gasteiger partial charge on any atom is -0.459 e. The summed E-state index contributed by atoms with van der Waals surface area (Å²) in [7, 11) is 0. The van der Waals surface area contributed by atoms with Gasteiger partial charge in [0.25, 0.3) is 0 Å². The smallest absolute Gasteiger partial charge is 0.328 e. The number of benzene rings is 1. The van der Waals surface area contributed by atoms with Crippen molar-refractivity contribution in [1.82, 2.24) is 15.3 Å². The highest BCUT2D eigenvalue weighted by molar-refractivity contribution is 7.13. The normalized spacial score (nSPS) is 11.8. The number of hydrogen-bond donors (Lipinski definition) is 1. The molecule has 0 aliphatic carbocycles. The molecule has 0 spiro atoms. The van der Waals surface area contributed by atoms with Crippen molar-refractivity contribution in [2.24, 2.45) is 5.92 Å². The third kappa shape index (κ3) is 6.49. The fraction of sp³-hybridized carbons (Fsp3) is 0.304. The predicted octanol–water partition coefficient (Wildman–Crippen LogP) is 4.02.